The average Bonchev–Trinajstić information content (AvgIpc) is 2.69. The van der Waals surface area contributed by atoms with Crippen molar-refractivity contribution in [1.29, 1.82) is 5.26 Å². The Morgan fingerprint density at radius 1 is 1.14 bits per heavy atom. The highest BCUT2D eigenvalue weighted by atomic mass is 79.9. The SMILES string of the molecule is N#Cc1ccccc1N1C(=O)CC(c2cc(Br)ccc2F)C2=C1CCCC2=O. The minimum absolute atomic E-state index is 0.0162. The first kappa shape index (κ1) is 18.6. The number of carbonyl (C=O) groups excluding carboxylic acids is 2. The van der Waals surface area contributed by atoms with Crippen LogP contribution in [0.4, 0.5) is 10.1 Å². The quantitative estimate of drug-likeness (QED) is 0.663. The number of benzene rings is 2. The zero-order chi connectivity index (χ0) is 19.8. The molecule has 1 aliphatic carbocycles. The topological polar surface area (TPSA) is 61.2 Å². The standard InChI is InChI=1S/C22H16BrFN2O2/c23-14-8-9-17(24)15(10-14)16-11-21(28)26(18-5-2-1-4-13(18)12-25)19-6-3-7-20(27)22(16)19/h1-2,4-5,8-10,16H,3,6-7,11H2. The molecule has 1 unspecified atom stereocenters. The number of hydrogen-bond donors (Lipinski definition) is 0. The van der Waals surface area contributed by atoms with Crippen molar-refractivity contribution in [3.05, 3.63) is 75.2 Å². The molecule has 0 saturated heterocycles. The second kappa shape index (κ2) is 7.33. The third-order valence-electron chi connectivity index (χ3n) is 5.27. The first-order valence-corrected chi connectivity index (χ1v) is 9.84. The molecule has 2 aromatic rings. The van der Waals surface area contributed by atoms with Crippen LogP contribution in [0.2, 0.25) is 0 Å². The molecule has 0 saturated carbocycles. The van der Waals surface area contributed by atoms with E-state index in [-0.39, 0.29) is 18.1 Å². The van der Waals surface area contributed by atoms with E-state index in [9.17, 15) is 19.2 Å². The van der Waals surface area contributed by atoms with E-state index < -0.39 is 11.7 Å². The molecule has 4 nitrogen and oxygen atoms in total. The summed E-state index contributed by atoms with van der Waals surface area (Å²) in [5, 5.41) is 9.45. The number of anilines is 1. The molecule has 4 rings (SSSR count). The highest BCUT2D eigenvalue weighted by Crippen LogP contribution is 2.44. The summed E-state index contributed by atoms with van der Waals surface area (Å²) in [5.74, 6) is -1.34. The number of ketones is 1. The number of nitrogens with zero attached hydrogens (tertiary/aromatic N) is 2. The molecule has 0 bridgehead atoms. The van der Waals surface area contributed by atoms with Gasteiger partial charge in [0, 0.05) is 34.5 Å². The fourth-order valence-corrected chi connectivity index (χ4v) is 4.46. The Kier molecular flexibility index (Phi) is 4.86. The maximum absolute atomic E-state index is 14.6. The van der Waals surface area contributed by atoms with E-state index in [0.29, 0.717) is 51.8 Å². The molecule has 0 spiro atoms. The van der Waals surface area contributed by atoms with Crippen molar-refractivity contribution in [2.75, 3.05) is 4.90 Å². The van der Waals surface area contributed by atoms with Crippen LogP contribution in [0.25, 0.3) is 0 Å². The van der Waals surface area contributed by atoms with E-state index in [1.807, 2.05) is 0 Å². The van der Waals surface area contributed by atoms with Crippen molar-refractivity contribution in [3.8, 4) is 6.07 Å². The van der Waals surface area contributed by atoms with E-state index in [2.05, 4.69) is 22.0 Å². The number of carbonyl (C=O) groups is 2. The van der Waals surface area contributed by atoms with Crippen LogP contribution >= 0.6 is 15.9 Å². The van der Waals surface area contributed by atoms with Crippen LogP contribution < -0.4 is 4.90 Å². The van der Waals surface area contributed by atoms with Gasteiger partial charge in [0.2, 0.25) is 5.91 Å². The lowest BCUT2D eigenvalue weighted by Gasteiger charge is -2.38. The van der Waals surface area contributed by atoms with Gasteiger partial charge in [-0.15, -0.1) is 0 Å². The molecule has 0 N–H and O–H groups in total. The zero-order valence-corrected chi connectivity index (χ0v) is 16.5. The number of Topliss-reactive ketones (excluding diaryl/α,β-unsaturated/α-hetero) is 1. The Morgan fingerprint density at radius 2 is 1.93 bits per heavy atom. The summed E-state index contributed by atoms with van der Waals surface area (Å²) in [5.41, 5.74) is 2.28. The van der Waals surface area contributed by atoms with Gasteiger partial charge in [0.25, 0.3) is 0 Å². The third kappa shape index (κ3) is 3.06. The molecular formula is C22H16BrFN2O2. The second-order valence-electron chi connectivity index (χ2n) is 6.92. The number of allylic oxidation sites excluding steroid dienone is 2. The van der Waals surface area contributed by atoms with E-state index >= 15 is 0 Å². The minimum atomic E-state index is -0.613. The molecule has 0 aromatic heterocycles. The lowest BCUT2D eigenvalue weighted by molar-refractivity contribution is -0.119. The Hall–Kier alpha value is -2.78. The Labute approximate surface area is 170 Å². The molecule has 28 heavy (non-hydrogen) atoms. The first-order valence-electron chi connectivity index (χ1n) is 9.04. The van der Waals surface area contributed by atoms with Crippen LogP contribution in [0.1, 0.15) is 42.7 Å². The first-order chi connectivity index (χ1) is 13.5. The van der Waals surface area contributed by atoms with Crippen LogP contribution in [-0.2, 0) is 9.59 Å². The van der Waals surface area contributed by atoms with Crippen LogP contribution in [0.15, 0.2) is 58.2 Å². The Bertz CT molecular complexity index is 1070. The zero-order valence-electron chi connectivity index (χ0n) is 14.9. The molecule has 6 heteroatoms. The molecule has 1 aliphatic heterocycles. The third-order valence-corrected chi connectivity index (χ3v) is 5.77. The van der Waals surface area contributed by atoms with Gasteiger partial charge in [-0.25, -0.2) is 4.39 Å². The molecule has 1 amide bonds. The van der Waals surface area contributed by atoms with Crippen molar-refractivity contribution in [3.63, 3.8) is 0 Å². The number of amides is 1. The van der Waals surface area contributed by atoms with Gasteiger partial charge in [0.05, 0.1) is 11.3 Å². The van der Waals surface area contributed by atoms with Crippen LogP contribution in [0, 0.1) is 17.1 Å². The number of hydrogen-bond acceptors (Lipinski definition) is 3. The van der Waals surface area contributed by atoms with Crippen LogP contribution in [0.5, 0.6) is 0 Å². The molecule has 2 aromatic carbocycles. The van der Waals surface area contributed by atoms with E-state index in [1.54, 1.807) is 36.4 Å². The summed E-state index contributed by atoms with van der Waals surface area (Å²) < 4.78 is 15.3. The molecule has 2 aliphatic rings. The highest BCUT2D eigenvalue weighted by molar-refractivity contribution is 9.10. The molecular weight excluding hydrogens is 423 g/mol. The summed E-state index contributed by atoms with van der Waals surface area (Å²) in [7, 11) is 0. The van der Waals surface area contributed by atoms with Gasteiger partial charge in [0.1, 0.15) is 11.9 Å². The molecule has 0 radical (unpaired) electrons. The lowest BCUT2D eigenvalue weighted by Crippen LogP contribution is -2.41. The van der Waals surface area contributed by atoms with E-state index in [1.165, 1.54) is 11.0 Å². The number of nitriles is 1. The molecule has 140 valence electrons. The van der Waals surface area contributed by atoms with Crippen molar-refractivity contribution >= 4 is 33.3 Å². The molecule has 1 heterocycles. The van der Waals surface area contributed by atoms with Gasteiger partial charge in [-0.1, -0.05) is 28.1 Å². The summed E-state index contributed by atoms with van der Waals surface area (Å²) in [6.45, 7) is 0. The Morgan fingerprint density at radius 3 is 2.71 bits per heavy atom. The van der Waals surface area contributed by atoms with Gasteiger partial charge >= 0.3 is 0 Å². The number of rotatable bonds is 2. The maximum atomic E-state index is 14.6. The van der Waals surface area contributed by atoms with Gasteiger partial charge < -0.3 is 0 Å². The van der Waals surface area contributed by atoms with Crippen LogP contribution in [0.3, 0.4) is 0 Å². The predicted molar refractivity (Wildman–Crippen MR) is 106 cm³/mol. The largest absolute Gasteiger partial charge is 0.294 e. The summed E-state index contributed by atoms with van der Waals surface area (Å²) >= 11 is 3.35. The van der Waals surface area contributed by atoms with Crippen molar-refractivity contribution in [2.45, 2.75) is 31.6 Å². The van der Waals surface area contributed by atoms with Gasteiger partial charge in [-0.3, -0.25) is 14.5 Å². The Balaban J connectivity index is 1.93. The minimum Gasteiger partial charge on any atom is -0.294 e. The van der Waals surface area contributed by atoms with Gasteiger partial charge in [-0.2, -0.15) is 5.26 Å². The van der Waals surface area contributed by atoms with E-state index in [0.717, 1.165) is 0 Å². The predicted octanol–water partition coefficient (Wildman–Crippen LogP) is 4.99. The normalized spacial score (nSPS) is 19.5. The number of para-hydroxylation sites is 1. The van der Waals surface area contributed by atoms with Gasteiger partial charge in [0.15, 0.2) is 5.78 Å². The van der Waals surface area contributed by atoms with Crippen molar-refractivity contribution < 1.29 is 14.0 Å². The number of halogens is 2. The maximum Gasteiger partial charge on any atom is 0.232 e. The summed E-state index contributed by atoms with van der Waals surface area (Å²) in [6.07, 6.45) is 1.53. The van der Waals surface area contributed by atoms with Crippen molar-refractivity contribution in [1.82, 2.24) is 0 Å². The fraction of sp³-hybridized carbons (Fsp3) is 0.227. The highest BCUT2D eigenvalue weighted by Gasteiger charge is 2.41. The molecule has 1 atom stereocenters. The lowest BCUT2D eigenvalue weighted by atomic mass is 9.77. The van der Waals surface area contributed by atoms with Crippen LogP contribution in [-0.4, -0.2) is 11.7 Å². The van der Waals surface area contributed by atoms with Crippen molar-refractivity contribution in [2.24, 2.45) is 0 Å². The fourth-order valence-electron chi connectivity index (χ4n) is 4.08. The monoisotopic (exact) mass is 438 g/mol. The second-order valence-corrected chi connectivity index (χ2v) is 7.83. The average molecular weight is 439 g/mol. The van der Waals surface area contributed by atoms with Gasteiger partial charge in [-0.05, 0) is 48.7 Å². The van der Waals surface area contributed by atoms with E-state index in [4.69, 9.17) is 0 Å². The summed E-state index contributed by atoms with van der Waals surface area (Å²) in [4.78, 5) is 27.5. The smallest absolute Gasteiger partial charge is 0.232 e. The molecule has 0 fully saturated rings. The summed E-state index contributed by atoms with van der Waals surface area (Å²) in [6, 6.07) is 13.5.